The molecule has 64 valence electrons. The van der Waals surface area contributed by atoms with Crippen LogP contribution < -0.4 is 5.46 Å². The van der Waals surface area contributed by atoms with E-state index >= 15 is 0 Å². The zero-order chi connectivity index (χ0) is 9.30. The van der Waals surface area contributed by atoms with E-state index in [1.165, 1.54) is 6.07 Å². The second kappa shape index (κ2) is 3.91. The van der Waals surface area contributed by atoms with E-state index in [9.17, 15) is 4.39 Å². The van der Waals surface area contributed by atoms with Crippen LogP contribution in [0.1, 0.15) is 0 Å². The zero-order valence-electron chi connectivity index (χ0n) is 5.76. The Morgan fingerprint density at radius 2 is 2.00 bits per heavy atom. The minimum atomic E-state index is -1.87. The molecule has 2 nitrogen and oxygen atoms in total. The van der Waals surface area contributed by atoms with E-state index in [-0.39, 0.29) is 10.5 Å². The van der Waals surface area contributed by atoms with Crippen molar-refractivity contribution in [2.45, 2.75) is 0 Å². The number of hydrogen-bond acceptors (Lipinski definition) is 2. The van der Waals surface area contributed by atoms with Crippen molar-refractivity contribution in [2.24, 2.45) is 0 Å². The molecular weight excluding hydrogens is 296 g/mol. The van der Waals surface area contributed by atoms with Gasteiger partial charge in [-0.05, 0) is 34.7 Å². The minimum absolute atomic E-state index is 0.0469. The monoisotopic (exact) mass is 300 g/mol. The van der Waals surface area contributed by atoms with E-state index in [4.69, 9.17) is 21.6 Å². The molecular formula is C6H4BClFIO2. The van der Waals surface area contributed by atoms with E-state index in [1.54, 1.807) is 0 Å². The summed E-state index contributed by atoms with van der Waals surface area (Å²) in [7, 11) is -1.87. The van der Waals surface area contributed by atoms with E-state index < -0.39 is 12.9 Å². The number of benzene rings is 1. The summed E-state index contributed by atoms with van der Waals surface area (Å²) in [4.78, 5) is 0. The summed E-state index contributed by atoms with van der Waals surface area (Å²) in [5.74, 6) is -0.713. The first-order valence-corrected chi connectivity index (χ1v) is 4.49. The first-order chi connectivity index (χ1) is 5.54. The fourth-order valence-corrected chi connectivity index (χ4v) is 1.50. The quantitative estimate of drug-likeness (QED) is 0.457. The first-order valence-electron chi connectivity index (χ1n) is 3.03. The summed E-state index contributed by atoms with van der Waals surface area (Å²) < 4.78 is 13.5. The predicted molar refractivity (Wildman–Crippen MR) is 54.0 cm³/mol. The van der Waals surface area contributed by atoms with Crippen molar-refractivity contribution in [1.82, 2.24) is 0 Å². The van der Waals surface area contributed by atoms with E-state index in [0.29, 0.717) is 3.57 Å². The third-order valence-electron chi connectivity index (χ3n) is 1.34. The van der Waals surface area contributed by atoms with Crippen LogP contribution in [-0.4, -0.2) is 17.2 Å². The third kappa shape index (κ3) is 1.90. The van der Waals surface area contributed by atoms with E-state index in [0.717, 1.165) is 6.07 Å². The lowest BCUT2D eigenvalue weighted by atomic mass is 9.80. The van der Waals surface area contributed by atoms with Gasteiger partial charge in [-0.1, -0.05) is 11.6 Å². The van der Waals surface area contributed by atoms with Crippen LogP contribution in [0.3, 0.4) is 0 Å². The predicted octanol–water partition coefficient (Wildman–Crippen LogP) is 0.764. The molecule has 0 bridgehead atoms. The second-order valence-corrected chi connectivity index (χ2v) is 3.67. The fraction of sp³-hybridized carbons (Fsp3) is 0. The SMILES string of the molecule is OB(O)c1c(F)ccc(I)c1Cl. The second-order valence-electron chi connectivity index (χ2n) is 2.13. The van der Waals surface area contributed by atoms with Crippen LogP contribution in [0.15, 0.2) is 12.1 Å². The van der Waals surface area contributed by atoms with Crippen LogP contribution in [0.5, 0.6) is 0 Å². The van der Waals surface area contributed by atoms with Crippen LogP contribution in [0.2, 0.25) is 5.02 Å². The van der Waals surface area contributed by atoms with Crippen molar-refractivity contribution in [1.29, 1.82) is 0 Å². The van der Waals surface area contributed by atoms with Gasteiger partial charge in [-0.3, -0.25) is 0 Å². The first kappa shape index (κ1) is 10.2. The summed E-state index contributed by atoms with van der Waals surface area (Å²) in [5.41, 5.74) is -0.274. The topological polar surface area (TPSA) is 40.5 Å². The zero-order valence-corrected chi connectivity index (χ0v) is 8.67. The summed E-state index contributed by atoms with van der Waals surface area (Å²) in [6, 6.07) is 2.60. The molecule has 0 aliphatic heterocycles. The smallest absolute Gasteiger partial charge is 0.423 e. The van der Waals surface area contributed by atoms with Crippen LogP contribution >= 0.6 is 34.2 Å². The Kier molecular flexibility index (Phi) is 3.33. The lowest BCUT2D eigenvalue weighted by molar-refractivity contribution is 0.423. The lowest BCUT2D eigenvalue weighted by Crippen LogP contribution is -2.34. The molecule has 0 heterocycles. The van der Waals surface area contributed by atoms with Gasteiger partial charge in [0, 0.05) is 9.03 Å². The Morgan fingerprint density at radius 3 is 2.42 bits per heavy atom. The van der Waals surface area contributed by atoms with Crippen molar-refractivity contribution in [3.63, 3.8) is 0 Å². The maximum absolute atomic E-state index is 12.9. The van der Waals surface area contributed by atoms with E-state index in [2.05, 4.69) is 0 Å². The van der Waals surface area contributed by atoms with Crippen molar-refractivity contribution < 1.29 is 14.4 Å². The van der Waals surface area contributed by atoms with Gasteiger partial charge in [-0.2, -0.15) is 0 Å². The molecule has 6 heteroatoms. The van der Waals surface area contributed by atoms with Gasteiger partial charge >= 0.3 is 7.12 Å². The Morgan fingerprint density at radius 1 is 1.42 bits per heavy atom. The number of hydrogen-bond donors (Lipinski definition) is 2. The molecule has 0 radical (unpaired) electrons. The van der Waals surface area contributed by atoms with Crippen LogP contribution in [0, 0.1) is 9.39 Å². The molecule has 0 saturated carbocycles. The standard InChI is InChI=1S/C6H4BClFIO2/c8-6-4(10)2-1-3(9)5(6)7(11)12/h1-2,11-12H. The Bertz CT molecular complexity index is 308. The lowest BCUT2D eigenvalue weighted by Gasteiger charge is -2.05. The fourth-order valence-electron chi connectivity index (χ4n) is 0.779. The molecule has 0 aliphatic rings. The molecule has 0 unspecified atom stereocenters. The molecule has 0 atom stereocenters. The normalized spacial score (nSPS) is 10.1. The highest BCUT2D eigenvalue weighted by atomic mass is 127. The highest BCUT2D eigenvalue weighted by Gasteiger charge is 2.21. The Balaban J connectivity index is 3.33. The Hall–Kier alpha value is 0.155. The van der Waals surface area contributed by atoms with Crippen LogP contribution in [0.25, 0.3) is 0 Å². The Labute approximate surface area is 87.6 Å². The van der Waals surface area contributed by atoms with Crippen molar-refractivity contribution in [3.8, 4) is 0 Å². The molecule has 1 aromatic rings. The molecule has 0 saturated heterocycles. The average molecular weight is 300 g/mol. The van der Waals surface area contributed by atoms with Gasteiger partial charge in [0.25, 0.3) is 0 Å². The van der Waals surface area contributed by atoms with E-state index in [1.807, 2.05) is 22.6 Å². The van der Waals surface area contributed by atoms with Gasteiger partial charge in [0.05, 0.1) is 5.02 Å². The van der Waals surface area contributed by atoms with Gasteiger partial charge in [-0.25, -0.2) is 4.39 Å². The van der Waals surface area contributed by atoms with Gasteiger partial charge in [0.2, 0.25) is 0 Å². The molecule has 0 aliphatic carbocycles. The van der Waals surface area contributed by atoms with Crippen LogP contribution in [-0.2, 0) is 0 Å². The number of halogens is 3. The largest absolute Gasteiger partial charge is 0.493 e. The molecule has 0 fully saturated rings. The van der Waals surface area contributed by atoms with Crippen molar-refractivity contribution in [2.75, 3.05) is 0 Å². The van der Waals surface area contributed by atoms with Crippen molar-refractivity contribution >= 4 is 46.8 Å². The molecule has 1 aromatic carbocycles. The van der Waals surface area contributed by atoms with Crippen molar-refractivity contribution in [3.05, 3.63) is 26.5 Å². The molecule has 2 N–H and O–H groups in total. The highest BCUT2D eigenvalue weighted by molar-refractivity contribution is 14.1. The summed E-state index contributed by atoms with van der Waals surface area (Å²) >= 11 is 7.51. The third-order valence-corrected chi connectivity index (χ3v) is 2.96. The van der Waals surface area contributed by atoms with Gasteiger partial charge in [0.1, 0.15) is 5.82 Å². The number of rotatable bonds is 1. The molecule has 12 heavy (non-hydrogen) atoms. The molecule has 1 rings (SSSR count). The molecule has 0 spiro atoms. The maximum atomic E-state index is 12.9. The highest BCUT2D eigenvalue weighted by Crippen LogP contribution is 2.17. The van der Waals surface area contributed by atoms with Crippen LogP contribution in [0.4, 0.5) is 4.39 Å². The van der Waals surface area contributed by atoms with Gasteiger partial charge in [0.15, 0.2) is 0 Å². The molecule has 0 aromatic heterocycles. The van der Waals surface area contributed by atoms with Gasteiger partial charge < -0.3 is 10.0 Å². The van der Waals surface area contributed by atoms with Gasteiger partial charge in [-0.15, -0.1) is 0 Å². The summed E-state index contributed by atoms with van der Waals surface area (Å²) in [6.45, 7) is 0. The summed E-state index contributed by atoms with van der Waals surface area (Å²) in [6.07, 6.45) is 0. The minimum Gasteiger partial charge on any atom is -0.423 e. The summed E-state index contributed by atoms with van der Waals surface area (Å²) in [5, 5.41) is 17.5. The molecule has 0 amide bonds. The average Bonchev–Trinajstić information content (AvgIpc) is 1.97. The maximum Gasteiger partial charge on any atom is 0.493 e.